The molecule has 3 rings (SSSR count). The van der Waals surface area contributed by atoms with Gasteiger partial charge in [-0.15, -0.1) is 0 Å². The molecule has 0 spiro atoms. The average molecular weight is 360 g/mol. The molecule has 2 fully saturated rings. The summed E-state index contributed by atoms with van der Waals surface area (Å²) in [7, 11) is 0. The van der Waals surface area contributed by atoms with Crippen LogP contribution in [0, 0.1) is 0 Å². The van der Waals surface area contributed by atoms with Crippen molar-refractivity contribution in [2.24, 2.45) is 10.7 Å². The van der Waals surface area contributed by atoms with E-state index < -0.39 is 0 Å². The van der Waals surface area contributed by atoms with E-state index in [0.29, 0.717) is 5.96 Å². The lowest BCUT2D eigenvalue weighted by Crippen LogP contribution is -2.46. The number of unbranched alkanes of at least 4 members (excludes halogenated alkanes) is 1. The van der Waals surface area contributed by atoms with Crippen molar-refractivity contribution in [1.29, 1.82) is 0 Å². The van der Waals surface area contributed by atoms with Gasteiger partial charge in [-0.2, -0.15) is 0 Å². The van der Waals surface area contributed by atoms with Crippen molar-refractivity contribution >= 4 is 5.96 Å². The molecule has 0 bridgehead atoms. The Kier molecular flexibility index (Phi) is 7.73. The van der Waals surface area contributed by atoms with Crippen LogP contribution in [0.5, 0.6) is 0 Å². The Morgan fingerprint density at radius 2 is 1.62 bits per heavy atom. The summed E-state index contributed by atoms with van der Waals surface area (Å²) >= 11 is 0. The molecule has 2 saturated heterocycles. The van der Waals surface area contributed by atoms with Gasteiger partial charge in [0, 0.05) is 52.4 Å². The van der Waals surface area contributed by atoms with Crippen molar-refractivity contribution in [3.63, 3.8) is 0 Å². The number of hydrogen-bond acceptors (Lipinski definition) is 4. The maximum absolute atomic E-state index is 6.06. The molecule has 0 aliphatic carbocycles. The fourth-order valence-electron chi connectivity index (χ4n) is 3.55. The zero-order chi connectivity index (χ0) is 18.0. The highest BCUT2D eigenvalue weighted by Crippen LogP contribution is 2.09. The summed E-state index contributed by atoms with van der Waals surface area (Å²) in [5.74, 6) is 0.683. The first-order chi connectivity index (χ1) is 12.8. The minimum atomic E-state index is 0.683. The third-order valence-electron chi connectivity index (χ3n) is 5.21. The van der Waals surface area contributed by atoms with Gasteiger partial charge in [0.05, 0.1) is 13.2 Å². The molecule has 2 aliphatic heterocycles. The molecular formula is C20H33N5O. The fraction of sp³-hybridized carbons (Fsp3) is 0.650. The molecule has 1 aromatic carbocycles. The topological polar surface area (TPSA) is 57.3 Å². The molecule has 6 heteroatoms. The molecule has 2 heterocycles. The van der Waals surface area contributed by atoms with E-state index in [1.807, 2.05) is 0 Å². The van der Waals surface area contributed by atoms with Gasteiger partial charge in [-0.3, -0.25) is 9.89 Å². The summed E-state index contributed by atoms with van der Waals surface area (Å²) in [6.07, 6.45) is 2.30. The van der Waals surface area contributed by atoms with Crippen LogP contribution in [0.3, 0.4) is 0 Å². The van der Waals surface area contributed by atoms with Crippen molar-refractivity contribution in [3.8, 4) is 0 Å². The fourth-order valence-corrected chi connectivity index (χ4v) is 3.55. The summed E-state index contributed by atoms with van der Waals surface area (Å²) in [4.78, 5) is 11.8. The van der Waals surface area contributed by atoms with Crippen LogP contribution in [0.4, 0.5) is 0 Å². The van der Waals surface area contributed by atoms with Crippen LogP contribution in [0.25, 0.3) is 0 Å². The van der Waals surface area contributed by atoms with E-state index in [9.17, 15) is 0 Å². The molecule has 0 unspecified atom stereocenters. The third kappa shape index (κ3) is 6.27. The monoisotopic (exact) mass is 359 g/mol. The third-order valence-corrected chi connectivity index (χ3v) is 5.21. The maximum Gasteiger partial charge on any atom is 0.191 e. The van der Waals surface area contributed by atoms with Crippen molar-refractivity contribution in [2.75, 3.05) is 65.6 Å². The molecule has 0 atom stereocenters. The largest absolute Gasteiger partial charge is 0.378 e. The van der Waals surface area contributed by atoms with Crippen LogP contribution in [0.2, 0.25) is 0 Å². The second-order valence-corrected chi connectivity index (χ2v) is 7.15. The number of rotatable bonds is 7. The summed E-state index contributed by atoms with van der Waals surface area (Å²) in [6.45, 7) is 11.0. The highest BCUT2D eigenvalue weighted by molar-refractivity contribution is 5.78. The van der Waals surface area contributed by atoms with Crippen LogP contribution in [-0.4, -0.2) is 86.2 Å². The van der Waals surface area contributed by atoms with Gasteiger partial charge in [0.1, 0.15) is 0 Å². The maximum atomic E-state index is 6.06. The first-order valence-electron chi connectivity index (χ1n) is 9.92. The number of guanidine groups is 1. The Bertz CT molecular complexity index is 536. The average Bonchev–Trinajstić information content (AvgIpc) is 2.70. The van der Waals surface area contributed by atoms with Gasteiger partial charge in [-0.25, -0.2) is 0 Å². The molecule has 2 N–H and O–H groups in total. The van der Waals surface area contributed by atoms with Gasteiger partial charge >= 0.3 is 0 Å². The zero-order valence-electron chi connectivity index (χ0n) is 15.9. The van der Waals surface area contributed by atoms with E-state index in [0.717, 1.165) is 58.9 Å². The van der Waals surface area contributed by atoms with Gasteiger partial charge in [0.15, 0.2) is 5.96 Å². The number of aliphatic imine (C=N–C) groups is 1. The van der Waals surface area contributed by atoms with Crippen LogP contribution < -0.4 is 5.73 Å². The molecule has 0 aromatic heterocycles. The van der Waals surface area contributed by atoms with Gasteiger partial charge in [-0.05, 0) is 24.9 Å². The first-order valence-corrected chi connectivity index (χ1v) is 9.92. The Labute approximate surface area is 157 Å². The highest BCUT2D eigenvalue weighted by atomic mass is 16.5. The first kappa shape index (κ1) is 19.1. The minimum Gasteiger partial charge on any atom is -0.378 e. The molecule has 26 heavy (non-hydrogen) atoms. The summed E-state index contributed by atoms with van der Waals surface area (Å²) < 4.78 is 5.34. The second kappa shape index (κ2) is 10.5. The number of piperazine rings is 1. The molecule has 0 amide bonds. The number of benzene rings is 1. The SMILES string of the molecule is NC(=NCCCCN1CCN(Cc2ccccc2)CC1)N1CCOCC1. The van der Waals surface area contributed by atoms with Crippen LogP contribution in [0.1, 0.15) is 18.4 Å². The zero-order valence-corrected chi connectivity index (χ0v) is 15.9. The normalized spacial score (nSPS) is 20.5. The Hall–Kier alpha value is -1.63. The summed E-state index contributed by atoms with van der Waals surface area (Å²) in [6, 6.07) is 10.8. The Balaban J connectivity index is 1.26. The number of ether oxygens (including phenoxy) is 1. The van der Waals surface area contributed by atoms with Gasteiger partial charge in [-0.1, -0.05) is 30.3 Å². The quantitative estimate of drug-likeness (QED) is 0.451. The molecule has 0 saturated carbocycles. The van der Waals surface area contributed by atoms with Crippen molar-refractivity contribution < 1.29 is 4.74 Å². The highest BCUT2D eigenvalue weighted by Gasteiger charge is 2.16. The van der Waals surface area contributed by atoms with Crippen LogP contribution in [0.15, 0.2) is 35.3 Å². The molecule has 2 aliphatic rings. The molecule has 1 aromatic rings. The van der Waals surface area contributed by atoms with Crippen molar-refractivity contribution in [3.05, 3.63) is 35.9 Å². The van der Waals surface area contributed by atoms with E-state index in [-0.39, 0.29) is 0 Å². The van der Waals surface area contributed by atoms with E-state index in [1.165, 1.54) is 31.6 Å². The number of nitrogens with two attached hydrogens (primary N) is 1. The standard InChI is InChI=1S/C20H33N5O/c21-20(25-14-16-26-17-15-25)22-8-4-5-9-23-10-12-24(13-11-23)18-19-6-2-1-3-7-19/h1-3,6-7H,4-5,8-18H2,(H2,21,22). The molecular weight excluding hydrogens is 326 g/mol. The lowest BCUT2D eigenvalue weighted by Gasteiger charge is -2.34. The smallest absolute Gasteiger partial charge is 0.191 e. The number of nitrogens with zero attached hydrogens (tertiary/aromatic N) is 4. The van der Waals surface area contributed by atoms with Gasteiger partial charge < -0.3 is 20.3 Å². The Morgan fingerprint density at radius 3 is 2.35 bits per heavy atom. The lowest BCUT2D eigenvalue weighted by atomic mass is 10.2. The lowest BCUT2D eigenvalue weighted by molar-refractivity contribution is 0.0674. The van der Waals surface area contributed by atoms with Crippen LogP contribution in [-0.2, 0) is 11.3 Å². The van der Waals surface area contributed by atoms with E-state index in [4.69, 9.17) is 10.5 Å². The number of hydrogen-bond donors (Lipinski definition) is 1. The van der Waals surface area contributed by atoms with Crippen molar-refractivity contribution in [2.45, 2.75) is 19.4 Å². The minimum absolute atomic E-state index is 0.683. The van der Waals surface area contributed by atoms with Crippen LogP contribution >= 0.6 is 0 Å². The molecule has 144 valence electrons. The predicted octanol–water partition coefficient (Wildman–Crippen LogP) is 1.23. The van der Waals surface area contributed by atoms with Crippen molar-refractivity contribution in [1.82, 2.24) is 14.7 Å². The Morgan fingerprint density at radius 1 is 0.923 bits per heavy atom. The molecule has 0 radical (unpaired) electrons. The van der Waals surface area contributed by atoms with E-state index in [2.05, 4.69) is 50.0 Å². The van der Waals surface area contributed by atoms with E-state index >= 15 is 0 Å². The number of morpholine rings is 1. The second-order valence-electron chi connectivity index (χ2n) is 7.15. The van der Waals surface area contributed by atoms with Gasteiger partial charge in [0.2, 0.25) is 0 Å². The van der Waals surface area contributed by atoms with E-state index in [1.54, 1.807) is 0 Å². The predicted molar refractivity (Wildman–Crippen MR) is 106 cm³/mol. The van der Waals surface area contributed by atoms with Gasteiger partial charge in [0.25, 0.3) is 0 Å². The molecule has 6 nitrogen and oxygen atoms in total. The summed E-state index contributed by atoms with van der Waals surface area (Å²) in [5, 5.41) is 0. The summed E-state index contributed by atoms with van der Waals surface area (Å²) in [5.41, 5.74) is 7.47.